The zero-order valence-corrected chi connectivity index (χ0v) is 7.33. The topological polar surface area (TPSA) is 64.9 Å². The van der Waals surface area contributed by atoms with Gasteiger partial charge in [0.1, 0.15) is 0 Å². The fourth-order valence-electron chi connectivity index (χ4n) is 1.13. The highest BCUT2D eigenvalue weighted by atomic mass is 14.8. The Bertz CT molecular complexity index is 247. The lowest BCUT2D eigenvalue weighted by atomic mass is 10.1. The third kappa shape index (κ3) is 2.20. The summed E-state index contributed by atoms with van der Waals surface area (Å²) in [5, 5.41) is 0. The van der Waals surface area contributed by atoms with Crippen molar-refractivity contribution in [2.24, 2.45) is 5.73 Å². The van der Waals surface area contributed by atoms with Gasteiger partial charge in [-0.05, 0) is 18.6 Å². The van der Waals surface area contributed by atoms with Crippen LogP contribution in [0.15, 0.2) is 18.3 Å². The average molecular weight is 165 g/mol. The first-order valence-corrected chi connectivity index (χ1v) is 4.21. The summed E-state index contributed by atoms with van der Waals surface area (Å²) in [5.41, 5.74) is 13.1. The molecule has 4 N–H and O–H groups in total. The van der Waals surface area contributed by atoms with Crippen molar-refractivity contribution in [3.63, 3.8) is 0 Å². The summed E-state index contributed by atoms with van der Waals surface area (Å²) in [6, 6.07) is 3.63. The summed E-state index contributed by atoms with van der Waals surface area (Å²) >= 11 is 0. The first kappa shape index (κ1) is 9.00. The van der Waals surface area contributed by atoms with Gasteiger partial charge in [-0.25, -0.2) is 0 Å². The van der Waals surface area contributed by atoms with E-state index in [0.717, 1.165) is 24.2 Å². The van der Waals surface area contributed by atoms with Gasteiger partial charge in [-0.2, -0.15) is 0 Å². The largest absolute Gasteiger partial charge is 0.399 e. The van der Waals surface area contributed by atoms with Crippen LogP contribution in [0.5, 0.6) is 0 Å². The monoisotopic (exact) mass is 165 g/mol. The molecule has 0 aromatic carbocycles. The zero-order chi connectivity index (χ0) is 8.97. The lowest BCUT2D eigenvalue weighted by Crippen LogP contribution is -2.11. The molecule has 12 heavy (non-hydrogen) atoms. The van der Waals surface area contributed by atoms with Crippen molar-refractivity contribution in [3.05, 3.63) is 24.0 Å². The normalized spacial score (nSPS) is 12.8. The second kappa shape index (κ2) is 4.07. The fourth-order valence-corrected chi connectivity index (χ4v) is 1.13. The quantitative estimate of drug-likeness (QED) is 0.712. The molecular formula is C9H15N3. The lowest BCUT2D eigenvalue weighted by molar-refractivity contribution is 0.622. The second-order valence-electron chi connectivity index (χ2n) is 2.91. The Morgan fingerprint density at radius 1 is 1.58 bits per heavy atom. The zero-order valence-electron chi connectivity index (χ0n) is 7.33. The van der Waals surface area contributed by atoms with Crippen LogP contribution in [-0.2, 0) is 0 Å². The summed E-state index contributed by atoms with van der Waals surface area (Å²) < 4.78 is 0. The summed E-state index contributed by atoms with van der Waals surface area (Å²) in [6.45, 7) is 2.10. The molecule has 0 saturated heterocycles. The first-order chi connectivity index (χ1) is 5.74. The van der Waals surface area contributed by atoms with E-state index in [2.05, 4.69) is 11.9 Å². The molecule has 3 heteroatoms. The van der Waals surface area contributed by atoms with Crippen LogP contribution >= 0.6 is 0 Å². The van der Waals surface area contributed by atoms with Gasteiger partial charge in [0.2, 0.25) is 0 Å². The van der Waals surface area contributed by atoms with Crippen molar-refractivity contribution in [2.75, 3.05) is 5.73 Å². The van der Waals surface area contributed by atoms with Crippen molar-refractivity contribution in [1.82, 2.24) is 4.98 Å². The Kier molecular flexibility index (Phi) is 3.05. The molecule has 1 heterocycles. The molecule has 0 aliphatic carbocycles. The SMILES string of the molecule is CCC[C@@H](N)c1cc(N)ccn1. The van der Waals surface area contributed by atoms with E-state index in [4.69, 9.17) is 11.5 Å². The van der Waals surface area contributed by atoms with Crippen LogP contribution in [0.3, 0.4) is 0 Å². The van der Waals surface area contributed by atoms with Gasteiger partial charge in [-0.1, -0.05) is 13.3 Å². The lowest BCUT2D eigenvalue weighted by Gasteiger charge is -2.09. The molecule has 0 aliphatic rings. The number of pyridine rings is 1. The van der Waals surface area contributed by atoms with Crippen LogP contribution in [-0.4, -0.2) is 4.98 Å². The van der Waals surface area contributed by atoms with Gasteiger partial charge < -0.3 is 11.5 Å². The van der Waals surface area contributed by atoms with Gasteiger partial charge in [0.15, 0.2) is 0 Å². The molecular weight excluding hydrogens is 150 g/mol. The average Bonchev–Trinajstić information content (AvgIpc) is 2.05. The molecule has 0 unspecified atom stereocenters. The Balaban J connectivity index is 2.73. The maximum atomic E-state index is 5.86. The summed E-state index contributed by atoms with van der Waals surface area (Å²) in [4.78, 5) is 4.15. The number of anilines is 1. The van der Waals surface area contributed by atoms with E-state index in [1.807, 2.05) is 6.07 Å². The molecule has 1 atom stereocenters. The van der Waals surface area contributed by atoms with Crippen LogP contribution < -0.4 is 11.5 Å². The van der Waals surface area contributed by atoms with E-state index < -0.39 is 0 Å². The van der Waals surface area contributed by atoms with E-state index in [1.54, 1.807) is 12.3 Å². The van der Waals surface area contributed by atoms with Gasteiger partial charge in [-0.15, -0.1) is 0 Å². The smallest absolute Gasteiger partial charge is 0.0591 e. The van der Waals surface area contributed by atoms with E-state index >= 15 is 0 Å². The number of nitrogens with two attached hydrogens (primary N) is 2. The van der Waals surface area contributed by atoms with E-state index in [9.17, 15) is 0 Å². The number of aromatic nitrogens is 1. The molecule has 0 amide bonds. The van der Waals surface area contributed by atoms with Crippen molar-refractivity contribution < 1.29 is 0 Å². The fraction of sp³-hybridized carbons (Fsp3) is 0.444. The van der Waals surface area contributed by atoms with Gasteiger partial charge in [0.25, 0.3) is 0 Å². The van der Waals surface area contributed by atoms with E-state index in [-0.39, 0.29) is 6.04 Å². The van der Waals surface area contributed by atoms with E-state index in [1.165, 1.54) is 0 Å². The molecule has 66 valence electrons. The number of nitrogens with zero attached hydrogens (tertiary/aromatic N) is 1. The summed E-state index contributed by atoms with van der Waals surface area (Å²) in [6.07, 6.45) is 3.72. The molecule has 1 aromatic heterocycles. The Morgan fingerprint density at radius 2 is 2.33 bits per heavy atom. The van der Waals surface area contributed by atoms with Crippen LogP contribution in [0.2, 0.25) is 0 Å². The van der Waals surface area contributed by atoms with Gasteiger partial charge in [0.05, 0.1) is 5.69 Å². The summed E-state index contributed by atoms with van der Waals surface area (Å²) in [7, 11) is 0. The maximum Gasteiger partial charge on any atom is 0.0591 e. The third-order valence-corrected chi connectivity index (χ3v) is 1.78. The molecule has 0 radical (unpaired) electrons. The van der Waals surface area contributed by atoms with E-state index in [0.29, 0.717) is 0 Å². The molecule has 1 rings (SSSR count). The van der Waals surface area contributed by atoms with Gasteiger partial charge in [0, 0.05) is 17.9 Å². The highest BCUT2D eigenvalue weighted by molar-refractivity contribution is 5.37. The minimum absolute atomic E-state index is 0.0264. The highest BCUT2D eigenvalue weighted by Crippen LogP contribution is 2.14. The number of hydrogen-bond donors (Lipinski definition) is 2. The Hall–Kier alpha value is -1.09. The Labute approximate surface area is 72.8 Å². The minimum Gasteiger partial charge on any atom is -0.399 e. The molecule has 0 spiro atoms. The number of rotatable bonds is 3. The minimum atomic E-state index is 0.0264. The van der Waals surface area contributed by atoms with Crippen molar-refractivity contribution >= 4 is 5.69 Å². The van der Waals surface area contributed by atoms with Gasteiger partial charge >= 0.3 is 0 Å². The second-order valence-corrected chi connectivity index (χ2v) is 2.91. The van der Waals surface area contributed by atoms with Crippen molar-refractivity contribution in [1.29, 1.82) is 0 Å². The van der Waals surface area contributed by atoms with Crippen molar-refractivity contribution in [2.45, 2.75) is 25.8 Å². The molecule has 0 bridgehead atoms. The first-order valence-electron chi connectivity index (χ1n) is 4.21. The molecule has 0 aliphatic heterocycles. The number of hydrogen-bond acceptors (Lipinski definition) is 3. The predicted octanol–water partition coefficient (Wildman–Crippen LogP) is 1.46. The standard InChI is InChI=1S/C9H15N3/c1-2-3-8(11)9-6-7(10)4-5-12-9/h4-6,8H,2-3,11H2,1H3,(H2,10,12)/t8-/m1/s1. The van der Waals surface area contributed by atoms with Gasteiger partial charge in [-0.3, -0.25) is 4.98 Å². The molecule has 0 saturated carbocycles. The van der Waals surface area contributed by atoms with Crippen LogP contribution in [0.1, 0.15) is 31.5 Å². The van der Waals surface area contributed by atoms with Crippen LogP contribution in [0.4, 0.5) is 5.69 Å². The highest BCUT2D eigenvalue weighted by Gasteiger charge is 2.05. The van der Waals surface area contributed by atoms with Crippen LogP contribution in [0, 0.1) is 0 Å². The van der Waals surface area contributed by atoms with Crippen LogP contribution in [0.25, 0.3) is 0 Å². The molecule has 0 fully saturated rings. The molecule has 1 aromatic rings. The Morgan fingerprint density at radius 3 is 2.92 bits per heavy atom. The van der Waals surface area contributed by atoms with Crippen molar-refractivity contribution in [3.8, 4) is 0 Å². The maximum absolute atomic E-state index is 5.86. The molecule has 3 nitrogen and oxygen atoms in total. The predicted molar refractivity (Wildman–Crippen MR) is 50.5 cm³/mol. The summed E-state index contributed by atoms with van der Waals surface area (Å²) in [5.74, 6) is 0. The third-order valence-electron chi connectivity index (χ3n) is 1.78. The number of nitrogen functional groups attached to an aromatic ring is 1.